The Kier molecular flexibility index (Phi) is 5.40. The Hall–Kier alpha value is -0.820. The number of aryl methyl sites for hydroxylation is 1. The molecule has 0 bridgehead atoms. The number of halogens is 1. The number of nitrogens with one attached hydrogen (secondary N) is 1. The fraction of sp³-hybridized carbons (Fsp3) is 0.455. The number of nitrogens with zero attached hydrogens (tertiary/aromatic N) is 1. The van der Waals surface area contributed by atoms with Crippen LogP contribution in [-0.4, -0.2) is 32.9 Å². The van der Waals surface area contributed by atoms with Crippen molar-refractivity contribution in [1.29, 1.82) is 0 Å². The van der Waals surface area contributed by atoms with Crippen molar-refractivity contribution in [1.82, 2.24) is 4.31 Å². The predicted molar refractivity (Wildman–Crippen MR) is 75.0 cm³/mol. The first-order valence-corrected chi connectivity index (χ1v) is 7.39. The van der Waals surface area contributed by atoms with E-state index >= 15 is 0 Å². The minimum absolute atomic E-state index is 0.370. The van der Waals surface area contributed by atoms with E-state index in [2.05, 4.69) is 4.72 Å². The predicted octanol–water partition coefficient (Wildman–Crippen LogP) is 1.59. The van der Waals surface area contributed by atoms with Crippen LogP contribution in [0.3, 0.4) is 0 Å². The second-order valence-corrected chi connectivity index (χ2v) is 6.24. The van der Waals surface area contributed by atoms with Crippen LogP contribution in [0.25, 0.3) is 0 Å². The molecule has 0 aromatic heterocycles. The smallest absolute Gasteiger partial charge is 0.301 e. The van der Waals surface area contributed by atoms with E-state index in [-0.39, 0.29) is 0 Å². The molecule has 18 heavy (non-hydrogen) atoms. The molecule has 0 unspecified atom stereocenters. The molecular formula is C11H18ClN3O2S. The van der Waals surface area contributed by atoms with E-state index in [1.807, 2.05) is 6.92 Å². The maximum Gasteiger partial charge on any atom is 0.301 e. The number of hydrogen-bond acceptors (Lipinski definition) is 3. The third kappa shape index (κ3) is 4.13. The molecule has 0 saturated carbocycles. The average Bonchev–Trinajstić information content (AvgIpc) is 2.29. The van der Waals surface area contributed by atoms with Crippen molar-refractivity contribution in [3.63, 3.8) is 0 Å². The van der Waals surface area contributed by atoms with Crippen molar-refractivity contribution in [2.75, 3.05) is 24.9 Å². The van der Waals surface area contributed by atoms with Crippen molar-refractivity contribution >= 4 is 27.5 Å². The first kappa shape index (κ1) is 15.2. The summed E-state index contributed by atoms with van der Waals surface area (Å²) >= 11 is 5.98. The standard InChI is InChI=1S/C11H18ClN3O2S/c1-9-4-5-11(10(12)8-9)14-18(16,17)15(2)7-3-6-13/h4-5,8,14H,3,6-7,13H2,1-2H3. The maximum atomic E-state index is 12.0. The summed E-state index contributed by atoms with van der Waals surface area (Å²) in [5.41, 5.74) is 6.70. The number of rotatable bonds is 6. The van der Waals surface area contributed by atoms with Gasteiger partial charge in [0, 0.05) is 13.6 Å². The van der Waals surface area contributed by atoms with Crippen molar-refractivity contribution in [3.8, 4) is 0 Å². The summed E-state index contributed by atoms with van der Waals surface area (Å²) in [6.07, 6.45) is 0.610. The van der Waals surface area contributed by atoms with Gasteiger partial charge in [0.25, 0.3) is 0 Å². The van der Waals surface area contributed by atoms with Gasteiger partial charge in [0.05, 0.1) is 10.7 Å². The third-order valence-electron chi connectivity index (χ3n) is 2.45. The van der Waals surface area contributed by atoms with Gasteiger partial charge in [-0.25, -0.2) is 0 Å². The highest BCUT2D eigenvalue weighted by Crippen LogP contribution is 2.24. The number of hydrogen-bond donors (Lipinski definition) is 2. The monoisotopic (exact) mass is 291 g/mol. The van der Waals surface area contributed by atoms with Crippen LogP contribution in [0, 0.1) is 6.92 Å². The molecule has 0 amide bonds. The first-order valence-electron chi connectivity index (χ1n) is 5.57. The summed E-state index contributed by atoms with van der Waals surface area (Å²) in [5.74, 6) is 0. The second-order valence-electron chi connectivity index (χ2n) is 4.05. The van der Waals surface area contributed by atoms with Crippen LogP contribution < -0.4 is 10.5 Å². The van der Waals surface area contributed by atoms with Gasteiger partial charge in [-0.05, 0) is 37.6 Å². The van der Waals surface area contributed by atoms with Gasteiger partial charge in [-0.2, -0.15) is 12.7 Å². The topological polar surface area (TPSA) is 75.4 Å². The van der Waals surface area contributed by atoms with Crippen LogP contribution in [0.2, 0.25) is 5.02 Å². The van der Waals surface area contributed by atoms with Gasteiger partial charge in [0.2, 0.25) is 0 Å². The molecule has 0 radical (unpaired) electrons. The highest BCUT2D eigenvalue weighted by Gasteiger charge is 2.18. The van der Waals surface area contributed by atoms with Crippen molar-refractivity contribution < 1.29 is 8.42 Å². The molecule has 0 aliphatic carbocycles. The van der Waals surface area contributed by atoms with E-state index in [0.717, 1.165) is 5.56 Å². The van der Waals surface area contributed by atoms with Gasteiger partial charge in [-0.1, -0.05) is 17.7 Å². The summed E-state index contributed by atoms with van der Waals surface area (Å²) in [5, 5.41) is 0.380. The van der Waals surface area contributed by atoms with Gasteiger partial charge in [0.15, 0.2) is 0 Å². The Morgan fingerprint density at radius 1 is 1.44 bits per heavy atom. The van der Waals surface area contributed by atoms with Crippen LogP contribution >= 0.6 is 11.6 Å². The van der Waals surface area contributed by atoms with E-state index in [1.54, 1.807) is 18.2 Å². The SMILES string of the molecule is Cc1ccc(NS(=O)(=O)N(C)CCCN)c(Cl)c1. The molecule has 102 valence electrons. The van der Waals surface area contributed by atoms with Gasteiger partial charge in [0.1, 0.15) is 0 Å². The summed E-state index contributed by atoms with van der Waals surface area (Å²) in [6.45, 7) is 2.71. The molecule has 0 saturated heterocycles. The Balaban J connectivity index is 2.82. The molecule has 1 aromatic rings. The Bertz CT molecular complexity index is 505. The molecule has 1 rings (SSSR count). The largest absolute Gasteiger partial charge is 0.330 e. The Morgan fingerprint density at radius 2 is 2.11 bits per heavy atom. The van der Waals surface area contributed by atoms with E-state index < -0.39 is 10.2 Å². The first-order chi connectivity index (χ1) is 8.36. The zero-order valence-electron chi connectivity index (χ0n) is 10.5. The quantitative estimate of drug-likeness (QED) is 0.836. The molecule has 7 heteroatoms. The lowest BCUT2D eigenvalue weighted by molar-refractivity contribution is 0.468. The van der Waals surface area contributed by atoms with E-state index in [9.17, 15) is 8.42 Å². The molecular weight excluding hydrogens is 274 g/mol. The zero-order valence-corrected chi connectivity index (χ0v) is 12.1. The van der Waals surface area contributed by atoms with Crippen molar-refractivity contribution in [2.24, 2.45) is 5.73 Å². The van der Waals surface area contributed by atoms with Crippen molar-refractivity contribution in [3.05, 3.63) is 28.8 Å². The van der Waals surface area contributed by atoms with Gasteiger partial charge >= 0.3 is 10.2 Å². The maximum absolute atomic E-state index is 12.0. The van der Waals surface area contributed by atoms with Gasteiger partial charge in [-0.3, -0.25) is 4.72 Å². The summed E-state index contributed by atoms with van der Waals surface area (Å²) in [7, 11) is -2.08. The lowest BCUT2D eigenvalue weighted by Gasteiger charge is -2.18. The molecule has 0 spiro atoms. The van der Waals surface area contributed by atoms with Gasteiger partial charge in [-0.15, -0.1) is 0 Å². The van der Waals surface area contributed by atoms with Crippen LogP contribution in [-0.2, 0) is 10.2 Å². The molecule has 0 fully saturated rings. The van der Waals surface area contributed by atoms with Crippen LogP contribution in [0.4, 0.5) is 5.69 Å². The average molecular weight is 292 g/mol. The van der Waals surface area contributed by atoms with Crippen molar-refractivity contribution in [2.45, 2.75) is 13.3 Å². The van der Waals surface area contributed by atoms with Gasteiger partial charge < -0.3 is 5.73 Å². The van der Waals surface area contributed by atoms with E-state index in [4.69, 9.17) is 17.3 Å². The Labute approximate surface area is 113 Å². The van der Waals surface area contributed by atoms with Crippen LogP contribution in [0.1, 0.15) is 12.0 Å². The molecule has 0 heterocycles. The summed E-state index contributed by atoms with van der Waals surface area (Å²) in [4.78, 5) is 0. The van der Waals surface area contributed by atoms with E-state index in [0.29, 0.717) is 30.2 Å². The minimum atomic E-state index is -3.58. The van der Waals surface area contributed by atoms with Crippen LogP contribution in [0.15, 0.2) is 18.2 Å². The molecule has 0 aliphatic heterocycles. The number of benzene rings is 1. The molecule has 0 atom stereocenters. The fourth-order valence-corrected chi connectivity index (χ4v) is 2.67. The second kappa shape index (κ2) is 6.38. The highest BCUT2D eigenvalue weighted by atomic mass is 35.5. The molecule has 1 aromatic carbocycles. The lowest BCUT2D eigenvalue weighted by atomic mass is 10.2. The van der Waals surface area contributed by atoms with Crippen LogP contribution in [0.5, 0.6) is 0 Å². The third-order valence-corrected chi connectivity index (χ3v) is 4.24. The lowest BCUT2D eigenvalue weighted by Crippen LogP contribution is -2.34. The zero-order chi connectivity index (χ0) is 13.8. The van der Waals surface area contributed by atoms with E-state index in [1.165, 1.54) is 11.4 Å². The minimum Gasteiger partial charge on any atom is -0.330 e. The number of nitrogens with two attached hydrogens (primary N) is 1. The number of anilines is 1. The molecule has 5 nitrogen and oxygen atoms in total. The molecule has 3 N–H and O–H groups in total. The highest BCUT2D eigenvalue weighted by molar-refractivity contribution is 7.90. The Morgan fingerprint density at radius 3 is 2.67 bits per heavy atom. The molecule has 0 aliphatic rings. The summed E-state index contributed by atoms with van der Waals surface area (Å²) < 4.78 is 27.6. The normalized spacial score (nSPS) is 11.8. The fourth-order valence-electron chi connectivity index (χ4n) is 1.35. The summed E-state index contributed by atoms with van der Waals surface area (Å²) in [6, 6.07) is 5.15.